The molecule has 0 aromatic heterocycles. The summed E-state index contributed by atoms with van der Waals surface area (Å²) in [6.07, 6.45) is 1.48. The van der Waals surface area contributed by atoms with Crippen LogP contribution in [-0.2, 0) is 16.2 Å². The number of carbonyl (C=O) groups excluding carboxylic acids is 2. The first-order valence-electron chi connectivity index (χ1n) is 10.4. The van der Waals surface area contributed by atoms with Crippen LogP contribution in [0.5, 0.6) is 5.75 Å². The molecule has 0 saturated carbocycles. The zero-order chi connectivity index (χ0) is 24.5. The Morgan fingerprint density at radius 2 is 1.68 bits per heavy atom. The molecule has 34 heavy (non-hydrogen) atoms. The molecule has 3 rings (SSSR count). The molecule has 0 spiro atoms. The Labute approximate surface area is 212 Å². The van der Waals surface area contributed by atoms with Gasteiger partial charge in [-0.25, -0.2) is 5.43 Å². The molecule has 0 radical (unpaired) electrons. The van der Waals surface area contributed by atoms with Crippen LogP contribution < -0.4 is 15.5 Å². The maximum Gasteiger partial charge on any atom is 0.240 e. The molecule has 0 aliphatic rings. The van der Waals surface area contributed by atoms with Gasteiger partial charge >= 0.3 is 0 Å². The third-order valence-corrected chi connectivity index (χ3v) is 5.87. The second kappa shape index (κ2) is 12.4. The lowest BCUT2D eigenvalue weighted by Gasteiger charge is -2.09. The van der Waals surface area contributed by atoms with E-state index in [1.165, 1.54) is 6.21 Å². The SMILES string of the molecule is Cc1ccc(NC(=O)CCC(=O)NN=Cc2ccccc2OCc2ccc(Cl)c(Cl)c2)cc1Cl. The molecular formula is C25H22Cl3N3O3. The summed E-state index contributed by atoms with van der Waals surface area (Å²) in [7, 11) is 0. The number of hydrazone groups is 1. The monoisotopic (exact) mass is 517 g/mol. The van der Waals surface area contributed by atoms with Gasteiger partial charge in [-0.3, -0.25) is 9.59 Å². The standard InChI is InChI=1S/C25H22Cl3N3O3/c1-16-6-8-19(13-21(16)27)30-24(32)10-11-25(33)31-29-14-18-4-2-3-5-23(18)34-15-17-7-9-20(26)22(28)12-17/h2-9,12-14H,10-11,15H2,1H3,(H,30,32)(H,31,33). The fourth-order valence-electron chi connectivity index (χ4n) is 2.86. The molecule has 3 aromatic carbocycles. The van der Waals surface area contributed by atoms with Crippen molar-refractivity contribution >= 4 is 58.5 Å². The number of nitrogens with zero attached hydrogens (tertiary/aromatic N) is 1. The molecule has 0 aliphatic heterocycles. The number of carbonyl (C=O) groups is 2. The lowest BCUT2D eigenvalue weighted by molar-refractivity contribution is -0.124. The van der Waals surface area contributed by atoms with Gasteiger partial charge in [0, 0.05) is 29.1 Å². The fraction of sp³-hybridized carbons (Fsp3) is 0.160. The minimum atomic E-state index is -0.387. The molecule has 0 aliphatic carbocycles. The molecule has 6 nitrogen and oxygen atoms in total. The highest BCUT2D eigenvalue weighted by atomic mass is 35.5. The molecule has 0 atom stereocenters. The van der Waals surface area contributed by atoms with Crippen LogP contribution in [0.4, 0.5) is 5.69 Å². The fourth-order valence-corrected chi connectivity index (χ4v) is 3.36. The van der Waals surface area contributed by atoms with Crippen molar-refractivity contribution in [3.63, 3.8) is 0 Å². The summed E-state index contributed by atoms with van der Waals surface area (Å²) in [5, 5.41) is 8.18. The lowest BCUT2D eigenvalue weighted by atomic mass is 10.2. The molecule has 9 heteroatoms. The first kappa shape index (κ1) is 25.6. The Morgan fingerprint density at radius 1 is 0.912 bits per heavy atom. The van der Waals surface area contributed by atoms with E-state index < -0.39 is 0 Å². The lowest BCUT2D eigenvalue weighted by Crippen LogP contribution is -2.20. The molecular weight excluding hydrogens is 497 g/mol. The Kier molecular flexibility index (Phi) is 9.33. The maximum atomic E-state index is 12.1. The minimum Gasteiger partial charge on any atom is -0.488 e. The summed E-state index contributed by atoms with van der Waals surface area (Å²) in [6, 6.07) is 17.8. The van der Waals surface area contributed by atoms with Crippen molar-refractivity contribution in [1.29, 1.82) is 0 Å². The highest BCUT2D eigenvalue weighted by Gasteiger charge is 2.08. The number of ether oxygens (including phenoxy) is 1. The molecule has 0 unspecified atom stereocenters. The number of aryl methyl sites for hydroxylation is 1. The van der Waals surface area contributed by atoms with Crippen molar-refractivity contribution in [2.75, 3.05) is 5.32 Å². The first-order valence-corrected chi connectivity index (χ1v) is 11.5. The van der Waals surface area contributed by atoms with Crippen LogP contribution in [-0.4, -0.2) is 18.0 Å². The zero-order valence-electron chi connectivity index (χ0n) is 18.3. The predicted molar refractivity (Wildman–Crippen MR) is 137 cm³/mol. The summed E-state index contributed by atoms with van der Waals surface area (Å²) in [5.41, 5.74) is 5.46. The summed E-state index contributed by atoms with van der Waals surface area (Å²) < 4.78 is 5.86. The van der Waals surface area contributed by atoms with Crippen LogP contribution in [0.1, 0.15) is 29.5 Å². The van der Waals surface area contributed by atoms with Crippen LogP contribution in [0.2, 0.25) is 15.1 Å². The summed E-state index contributed by atoms with van der Waals surface area (Å²) in [4.78, 5) is 24.1. The number of benzene rings is 3. The molecule has 0 saturated heterocycles. The van der Waals surface area contributed by atoms with Crippen molar-refractivity contribution in [3.05, 3.63) is 92.4 Å². The molecule has 0 fully saturated rings. The van der Waals surface area contributed by atoms with E-state index in [4.69, 9.17) is 39.5 Å². The molecule has 3 aromatic rings. The van der Waals surface area contributed by atoms with Gasteiger partial charge in [-0.05, 0) is 54.4 Å². The van der Waals surface area contributed by atoms with Gasteiger partial charge in [0.05, 0.1) is 16.3 Å². The van der Waals surface area contributed by atoms with E-state index in [1.807, 2.05) is 31.2 Å². The van der Waals surface area contributed by atoms with E-state index in [9.17, 15) is 9.59 Å². The quantitative estimate of drug-likeness (QED) is 0.254. The summed E-state index contributed by atoms with van der Waals surface area (Å²) in [6.45, 7) is 2.16. The van der Waals surface area contributed by atoms with Crippen LogP contribution in [0.15, 0.2) is 65.8 Å². The minimum absolute atomic E-state index is 0.0101. The number of halogens is 3. The molecule has 2 amide bonds. The number of anilines is 1. The van der Waals surface area contributed by atoms with Crippen molar-refractivity contribution < 1.29 is 14.3 Å². The first-order chi connectivity index (χ1) is 16.3. The van der Waals surface area contributed by atoms with Crippen molar-refractivity contribution in [2.24, 2.45) is 5.10 Å². The average Bonchev–Trinajstić information content (AvgIpc) is 2.81. The van der Waals surface area contributed by atoms with Crippen LogP contribution in [0.3, 0.4) is 0 Å². The Bertz CT molecular complexity index is 1220. The van der Waals surface area contributed by atoms with Crippen molar-refractivity contribution in [1.82, 2.24) is 5.43 Å². The molecule has 176 valence electrons. The van der Waals surface area contributed by atoms with Gasteiger partial charge in [0.25, 0.3) is 0 Å². The number of para-hydroxylation sites is 1. The van der Waals surface area contributed by atoms with Gasteiger partial charge in [0.15, 0.2) is 0 Å². The molecule has 2 N–H and O–H groups in total. The van der Waals surface area contributed by atoms with Crippen LogP contribution >= 0.6 is 34.8 Å². The normalized spacial score (nSPS) is 10.8. The molecule has 0 heterocycles. The van der Waals surface area contributed by atoms with Crippen LogP contribution in [0, 0.1) is 6.92 Å². The third-order valence-electron chi connectivity index (χ3n) is 4.72. The van der Waals surface area contributed by atoms with Gasteiger partial charge < -0.3 is 10.1 Å². The number of hydrogen-bond donors (Lipinski definition) is 2. The van der Waals surface area contributed by atoms with E-state index in [0.717, 1.165) is 11.1 Å². The Morgan fingerprint density at radius 3 is 2.44 bits per heavy atom. The Balaban J connectivity index is 1.47. The van der Waals surface area contributed by atoms with Crippen molar-refractivity contribution in [3.8, 4) is 5.75 Å². The van der Waals surface area contributed by atoms with Gasteiger partial charge in [0.1, 0.15) is 12.4 Å². The number of amides is 2. The van der Waals surface area contributed by atoms with E-state index >= 15 is 0 Å². The third kappa shape index (κ3) is 7.76. The number of nitrogens with one attached hydrogen (secondary N) is 2. The van der Waals surface area contributed by atoms with Gasteiger partial charge in [0.2, 0.25) is 11.8 Å². The van der Waals surface area contributed by atoms with E-state index in [2.05, 4.69) is 15.8 Å². The summed E-state index contributed by atoms with van der Waals surface area (Å²) >= 11 is 18.0. The second-order valence-electron chi connectivity index (χ2n) is 7.38. The average molecular weight is 519 g/mol. The van der Waals surface area contributed by atoms with E-state index in [1.54, 1.807) is 36.4 Å². The topological polar surface area (TPSA) is 79.8 Å². The number of hydrogen-bond acceptors (Lipinski definition) is 4. The van der Waals surface area contributed by atoms with Gasteiger partial charge in [-0.1, -0.05) is 59.1 Å². The zero-order valence-corrected chi connectivity index (χ0v) is 20.5. The highest BCUT2D eigenvalue weighted by Crippen LogP contribution is 2.24. The molecule has 0 bridgehead atoms. The Hall–Kier alpha value is -3.06. The predicted octanol–water partition coefficient (Wildman–Crippen LogP) is 6.40. The second-order valence-corrected chi connectivity index (χ2v) is 8.60. The van der Waals surface area contributed by atoms with E-state index in [0.29, 0.717) is 32.1 Å². The van der Waals surface area contributed by atoms with Crippen molar-refractivity contribution in [2.45, 2.75) is 26.4 Å². The van der Waals surface area contributed by atoms with Gasteiger partial charge in [-0.15, -0.1) is 0 Å². The van der Waals surface area contributed by atoms with E-state index in [-0.39, 0.29) is 31.3 Å². The summed E-state index contributed by atoms with van der Waals surface area (Å²) in [5.74, 6) is -0.0923. The highest BCUT2D eigenvalue weighted by molar-refractivity contribution is 6.42. The number of rotatable bonds is 9. The van der Waals surface area contributed by atoms with Gasteiger partial charge in [-0.2, -0.15) is 5.10 Å². The van der Waals surface area contributed by atoms with Crippen LogP contribution in [0.25, 0.3) is 0 Å². The smallest absolute Gasteiger partial charge is 0.240 e. The maximum absolute atomic E-state index is 12.1. The largest absolute Gasteiger partial charge is 0.488 e.